The summed E-state index contributed by atoms with van der Waals surface area (Å²) >= 11 is 0. The Labute approximate surface area is 121 Å². The lowest BCUT2D eigenvalue weighted by molar-refractivity contribution is -0.517. The van der Waals surface area contributed by atoms with Crippen LogP contribution in [0.4, 0.5) is 11.4 Å². The minimum atomic E-state index is -0.710. The molecule has 1 saturated carbocycles. The van der Waals surface area contributed by atoms with Crippen molar-refractivity contribution in [2.24, 2.45) is 10.2 Å². The van der Waals surface area contributed by atoms with Crippen LogP contribution in [0.1, 0.15) is 38.5 Å². The molecule has 0 unspecified atom stereocenters. The second kappa shape index (κ2) is 5.23. The van der Waals surface area contributed by atoms with E-state index < -0.39 is 10.5 Å². The Bertz CT molecular complexity index is 614. The average molecular weight is 288 g/mol. The second-order valence-corrected chi connectivity index (χ2v) is 5.51. The van der Waals surface area contributed by atoms with E-state index in [9.17, 15) is 15.2 Å². The minimum Gasteiger partial charge on any atom is -0.856 e. The summed E-state index contributed by atoms with van der Waals surface area (Å²) in [6, 6.07) is 5.91. The Morgan fingerprint density at radius 2 is 1.71 bits per heavy atom. The van der Waals surface area contributed by atoms with Gasteiger partial charge in [0.2, 0.25) is 0 Å². The van der Waals surface area contributed by atoms with E-state index in [1.54, 1.807) is 12.1 Å². The lowest BCUT2D eigenvalue weighted by Crippen LogP contribution is -2.42. The summed E-state index contributed by atoms with van der Waals surface area (Å²) in [7, 11) is 0. The highest BCUT2D eigenvalue weighted by atomic mass is 16.6. The molecular weight excluding hydrogens is 272 g/mol. The van der Waals surface area contributed by atoms with Crippen LogP contribution in [-0.4, -0.2) is 21.2 Å². The van der Waals surface area contributed by atoms with Gasteiger partial charge in [0, 0.05) is 34.5 Å². The molecule has 1 spiro atoms. The van der Waals surface area contributed by atoms with Crippen LogP contribution in [0.3, 0.4) is 0 Å². The Morgan fingerprint density at radius 1 is 1.10 bits per heavy atom. The highest BCUT2D eigenvalue weighted by Crippen LogP contribution is 2.35. The second-order valence-electron chi connectivity index (χ2n) is 5.51. The van der Waals surface area contributed by atoms with Crippen LogP contribution in [0.2, 0.25) is 0 Å². The topological polar surface area (TPSA) is 93.9 Å². The summed E-state index contributed by atoms with van der Waals surface area (Å²) in [5.74, 6) is -0.192. The fraction of sp³-hybridized carbons (Fsp3) is 0.500. The van der Waals surface area contributed by atoms with Crippen LogP contribution in [0.5, 0.6) is 0 Å². The zero-order valence-electron chi connectivity index (χ0n) is 11.6. The maximum Gasteiger partial charge on any atom is 0.269 e. The molecule has 7 nitrogen and oxygen atoms in total. The molecule has 1 fully saturated rings. The number of hydrazone groups is 1. The molecule has 1 aromatic rings. The predicted octanol–water partition coefficient (Wildman–Crippen LogP) is 2.47. The molecule has 0 saturated heterocycles. The Morgan fingerprint density at radius 3 is 2.29 bits per heavy atom. The highest BCUT2D eigenvalue weighted by molar-refractivity contribution is 5.82. The van der Waals surface area contributed by atoms with Crippen LogP contribution in [0, 0.1) is 10.1 Å². The van der Waals surface area contributed by atoms with Gasteiger partial charge in [0.1, 0.15) is 0 Å². The predicted molar refractivity (Wildman–Crippen MR) is 73.3 cm³/mol. The number of benzene rings is 1. The van der Waals surface area contributed by atoms with Crippen molar-refractivity contribution in [3.63, 3.8) is 0 Å². The van der Waals surface area contributed by atoms with Gasteiger partial charge in [-0.15, -0.1) is 0 Å². The zero-order chi connectivity index (χ0) is 14.9. The van der Waals surface area contributed by atoms with E-state index in [4.69, 9.17) is 0 Å². The van der Waals surface area contributed by atoms with Crippen molar-refractivity contribution in [3.05, 3.63) is 34.4 Å². The zero-order valence-corrected chi connectivity index (χ0v) is 11.6. The van der Waals surface area contributed by atoms with Crippen LogP contribution < -0.4 is 5.11 Å². The summed E-state index contributed by atoms with van der Waals surface area (Å²) in [5, 5.41) is 31.4. The van der Waals surface area contributed by atoms with Crippen molar-refractivity contribution in [1.82, 2.24) is 0 Å². The lowest BCUT2D eigenvalue weighted by Gasteiger charge is -2.23. The third kappa shape index (κ3) is 2.51. The molecule has 0 aromatic heterocycles. The highest BCUT2D eigenvalue weighted by Gasteiger charge is 2.42. The number of azo groups is 1. The van der Waals surface area contributed by atoms with Gasteiger partial charge in [-0.2, -0.15) is 0 Å². The summed E-state index contributed by atoms with van der Waals surface area (Å²) in [6.45, 7) is 0. The summed E-state index contributed by atoms with van der Waals surface area (Å²) in [4.78, 5) is 11.5. The SMILES string of the molecule is O=[N+]([O-])c1ccc([N+]2=NC3(CCCCCC3)C([O-])=N2)cc1. The smallest absolute Gasteiger partial charge is 0.269 e. The van der Waals surface area contributed by atoms with Gasteiger partial charge in [0.15, 0.2) is 5.54 Å². The van der Waals surface area contributed by atoms with Gasteiger partial charge in [0.25, 0.3) is 11.4 Å². The van der Waals surface area contributed by atoms with E-state index in [0.29, 0.717) is 5.69 Å². The van der Waals surface area contributed by atoms with E-state index in [1.807, 2.05) is 0 Å². The maximum atomic E-state index is 12.3. The van der Waals surface area contributed by atoms with Gasteiger partial charge in [0.05, 0.1) is 15.6 Å². The van der Waals surface area contributed by atoms with E-state index >= 15 is 0 Å². The molecule has 3 rings (SSSR count). The molecular formula is C14H16N4O3. The molecule has 7 heteroatoms. The van der Waals surface area contributed by atoms with Crippen LogP contribution in [0.15, 0.2) is 34.5 Å². The largest absolute Gasteiger partial charge is 0.856 e. The third-order valence-electron chi connectivity index (χ3n) is 4.09. The number of rotatable bonds is 2. The van der Waals surface area contributed by atoms with Crippen molar-refractivity contribution in [2.75, 3.05) is 0 Å². The first-order chi connectivity index (χ1) is 10.1. The van der Waals surface area contributed by atoms with Gasteiger partial charge in [-0.25, -0.2) is 0 Å². The Kier molecular flexibility index (Phi) is 3.40. The number of non-ortho nitro benzene ring substituents is 1. The standard InChI is InChI=1S/C14H16N4O3/c19-13-14(9-3-1-2-4-10-14)16-17(15-13)11-5-7-12(8-6-11)18(20)21/h5-8H,1-4,9-10H2. The summed E-state index contributed by atoms with van der Waals surface area (Å²) in [5.41, 5.74) is -0.123. The van der Waals surface area contributed by atoms with Crippen molar-refractivity contribution in [1.29, 1.82) is 0 Å². The first kappa shape index (κ1) is 13.7. The van der Waals surface area contributed by atoms with Crippen LogP contribution >= 0.6 is 0 Å². The van der Waals surface area contributed by atoms with Crippen LogP contribution in [0.25, 0.3) is 0 Å². The lowest BCUT2D eigenvalue weighted by atomic mass is 9.91. The number of nitro benzene ring substituents is 1. The first-order valence-corrected chi connectivity index (χ1v) is 7.14. The number of nitrogens with zero attached hydrogens (tertiary/aromatic N) is 4. The van der Waals surface area contributed by atoms with Gasteiger partial charge in [-0.05, 0) is 12.8 Å². The monoisotopic (exact) mass is 288 g/mol. The fourth-order valence-corrected chi connectivity index (χ4v) is 2.88. The average Bonchev–Trinajstić information content (AvgIpc) is 2.65. The van der Waals surface area contributed by atoms with Gasteiger partial charge < -0.3 is 5.11 Å². The van der Waals surface area contributed by atoms with E-state index in [0.717, 1.165) is 38.5 Å². The molecule has 1 heterocycles. The number of hydrogen-bond acceptors (Lipinski definition) is 5. The van der Waals surface area contributed by atoms with Crippen molar-refractivity contribution >= 4 is 17.3 Å². The molecule has 0 bridgehead atoms. The minimum absolute atomic E-state index is 0.00783. The van der Waals surface area contributed by atoms with E-state index in [2.05, 4.69) is 10.2 Å². The molecule has 1 aromatic carbocycles. The maximum absolute atomic E-state index is 12.3. The molecule has 0 atom stereocenters. The summed E-state index contributed by atoms with van der Waals surface area (Å²) < 4.78 is 0. The van der Waals surface area contributed by atoms with Crippen LogP contribution in [-0.2, 0) is 0 Å². The van der Waals surface area contributed by atoms with E-state index in [-0.39, 0.29) is 11.6 Å². The molecule has 0 radical (unpaired) electrons. The molecule has 0 amide bonds. The van der Waals surface area contributed by atoms with Gasteiger partial charge in [-0.3, -0.25) is 10.1 Å². The fourth-order valence-electron chi connectivity index (χ4n) is 2.88. The van der Waals surface area contributed by atoms with Gasteiger partial charge >= 0.3 is 0 Å². The molecule has 2 aliphatic rings. The van der Waals surface area contributed by atoms with Crippen molar-refractivity contribution in [3.8, 4) is 0 Å². The van der Waals surface area contributed by atoms with Crippen molar-refractivity contribution < 1.29 is 14.8 Å². The molecule has 1 aliphatic heterocycles. The van der Waals surface area contributed by atoms with Crippen molar-refractivity contribution in [2.45, 2.75) is 44.1 Å². The van der Waals surface area contributed by atoms with E-state index in [1.165, 1.54) is 16.9 Å². The first-order valence-electron chi connectivity index (χ1n) is 7.14. The Balaban J connectivity index is 1.90. The molecule has 21 heavy (non-hydrogen) atoms. The number of hydrogen-bond donors (Lipinski definition) is 0. The molecule has 0 N–H and O–H groups in total. The molecule has 110 valence electrons. The number of nitro groups is 1. The van der Waals surface area contributed by atoms with Gasteiger partial charge in [-0.1, -0.05) is 25.7 Å². The molecule has 1 aliphatic carbocycles. The Hall–Kier alpha value is -2.31. The quantitative estimate of drug-likeness (QED) is 0.475. The normalized spacial score (nSPS) is 20.8. The summed E-state index contributed by atoms with van der Waals surface area (Å²) in [6.07, 6.45) is 5.69. The third-order valence-corrected chi connectivity index (χ3v) is 4.09.